The van der Waals surface area contributed by atoms with Gasteiger partial charge in [0.15, 0.2) is 0 Å². The summed E-state index contributed by atoms with van der Waals surface area (Å²) in [5.41, 5.74) is 0. The van der Waals surface area contributed by atoms with Gasteiger partial charge >= 0.3 is 12.0 Å². The molecule has 2 unspecified atom stereocenters. The molecule has 1 aliphatic rings. The molecule has 108 valence electrons. The minimum atomic E-state index is -0.995. The van der Waals surface area contributed by atoms with Crippen LogP contribution in [0.25, 0.3) is 0 Å². The maximum Gasteiger partial charge on any atom is 0.327 e. The Labute approximate surface area is 116 Å². The highest BCUT2D eigenvalue weighted by Gasteiger charge is 2.40. The van der Waals surface area contributed by atoms with E-state index in [0.717, 1.165) is 0 Å². The minimum absolute atomic E-state index is 0.154. The SMILES string of the molecule is CNC(=O)CCN(C)C(=O)N1C(C)SCC1C(=O)O. The van der Waals surface area contributed by atoms with Gasteiger partial charge in [-0.1, -0.05) is 0 Å². The quantitative estimate of drug-likeness (QED) is 0.761. The highest BCUT2D eigenvalue weighted by molar-refractivity contribution is 8.00. The van der Waals surface area contributed by atoms with Gasteiger partial charge in [-0.2, -0.15) is 0 Å². The number of urea groups is 1. The lowest BCUT2D eigenvalue weighted by atomic mass is 10.3. The van der Waals surface area contributed by atoms with Crippen molar-refractivity contribution in [3.63, 3.8) is 0 Å². The van der Waals surface area contributed by atoms with Crippen molar-refractivity contribution in [2.45, 2.75) is 24.8 Å². The lowest BCUT2D eigenvalue weighted by molar-refractivity contribution is -0.141. The van der Waals surface area contributed by atoms with Gasteiger partial charge in [0.25, 0.3) is 0 Å². The number of amides is 3. The largest absolute Gasteiger partial charge is 0.480 e. The van der Waals surface area contributed by atoms with Gasteiger partial charge in [0.05, 0.1) is 5.37 Å². The Morgan fingerprint density at radius 1 is 1.47 bits per heavy atom. The van der Waals surface area contributed by atoms with Crippen LogP contribution in [0.3, 0.4) is 0 Å². The standard InChI is InChI=1S/C11H19N3O4S/c1-7-14(8(6-19-7)10(16)17)11(18)13(3)5-4-9(15)12-2/h7-8H,4-6H2,1-3H3,(H,12,15)(H,16,17). The van der Waals surface area contributed by atoms with Crippen molar-refractivity contribution < 1.29 is 19.5 Å². The number of nitrogens with one attached hydrogen (secondary N) is 1. The number of carboxylic acid groups (broad SMARTS) is 1. The van der Waals surface area contributed by atoms with E-state index in [1.807, 2.05) is 0 Å². The molecule has 1 saturated heterocycles. The molecule has 1 fully saturated rings. The molecule has 1 heterocycles. The van der Waals surface area contributed by atoms with Crippen LogP contribution in [0.15, 0.2) is 0 Å². The number of thioether (sulfide) groups is 1. The zero-order valence-electron chi connectivity index (χ0n) is 11.3. The molecule has 0 spiro atoms. The fourth-order valence-electron chi connectivity index (χ4n) is 1.81. The van der Waals surface area contributed by atoms with Crippen LogP contribution in [0.5, 0.6) is 0 Å². The predicted octanol–water partition coefficient (Wildman–Crippen LogP) is 0.0223. The summed E-state index contributed by atoms with van der Waals surface area (Å²) in [4.78, 5) is 37.2. The molecule has 0 aromatic carbocycles. The Bertz CT molecular complexity index is 377. The van der Waals surface area contributed by atoms with Gasteiger partial charge in [0, 0.05) is 32.8 Å². The molecule has 8 heteroatoms. The number of carboxylic acids is 1. The summed E-state index contributed by atoms with van der Waals surface area (Å²) >= 11 is 1.43. The van der Waals surface area contributed by atoms with Gasteiger partial charge in [-0.25, -0.2) is 9.59 Å². The molecule has 7 nitrogen and oxygen atoms in total. The number of hydrogen-bond donors (Lipinski definition) is 2. The lowest BCUT2D eigenvalue weighted by Gasteiger charge is -2.29. The fourth-order valence-corrected chi connectivity index (χ4v) is 2.97. The van der Waals surface area contributed by atoms with Crippen molar-refractivity contribution >= 4 is 29.7 Å². The number of hydrogen-bond acceptors (Lipinski definition) is 4. The fraction of sp³-hybridized carbons (Fsp3) is 0.727. The maximum absolute atomic E-state index is 12.2. The number of carbonyl (C=O) groups is 3. The molecule has 0 bridgehead atoms. The van der Waals surface area contributed by atoms with E-state index < -0.39 is 12.0 Å². The van der Waals surface area contributed by atoms with Gasteiger partial charge in [-0.05, 0) is 6.92 Å². The third-order valence-corrected chi connectivity index (χ3v) is 4.23. The number of nitrogens with zero attached hydrogens (tertiary/aromatic N) is 2. The second kappa shape index (κ2) is 6.65. The first kappa shape index (κ1) is 15.6. The normalized spacial score (nSPS) is 22.2. The Balaban J connectivity index is 2.64. The summed E-state index contributed by atoms with van der Waals surface area (Å²) in [5.74, 6) is -0.755. The van der Waals surface area contributed by atoms with Crippen molar-refractivity contribution in [2.24, 2.45) is 0 Å². The van der Waals surface area contributed by atoms with Crippen LogP contribution in [-0.4, -0.2) is 70.6 Å². The van der Waals surface area contributed by atoms with E-state index in [4.69, 9.17) is 5.11 Å². The van der Waals surface area contributed by atoms with E-state index in [2.05, 4.69) is 5.32 Å². The zero-order valence-corrected chi connectivity index (χ0v) is 12.1. The van der Waals surface area contributed by atoms with Crippen LogP contribution in [0, 0.1) is 0 Å². The van der Waals surface area contributed by atoms with Gasteiger partial charge in [0.1, 0.15) is 6.04 Å². The first-order chi connectivity index (χ1) is 8.88. The molecular formula is C11H19N3O4S. The van der Waals surface area contributed by atoms with Gasteiger partial charge in [-0.15, -0.1) is 11.8 Å². The molecule has 0 aromatic heterocycles. The Morgan fingerprint density at radius 2 is 2.11 bits per heavy atom. The Kier molecular flexibility index (Phi) is 5.46. The molecule has 1 aliphatic heterocycles. The van der Waals surface area contributed by atoms with Crippen LogP contribution in [0.2, 0.25) is 0 Å². The van der Waals surface area contributed by atoms with Crippen molar-refractivity contribution in [2.75, 3.05) is 26.4 Å². The summed E-state index contributed by atoms with van der Waals surface area (Å²) in [6.07, 6.45) is 0.200. The van der Waals surface area contributed by atoms with E-state index >= 15 is 0 Å². The van der Waals surface area contributed by atoms with Crippen LogP contribution >= 0.6 is 11.8 Å². The molecule has 0 saturated carbocycles. The van der Waals surface area contributed by atoms with Gasteiger partial charge < -0.3 is 15.3 Å². The van der Waals surface area contributed by atoms with E-state index in [1.54, 1.807) is 14.0 Å². The van der Waals surface area contributed by atoms with E-state index in [9.17, 15) is 14.4 Å². The average molecular weight is 289 g/mol. The van der Waals surface area contributed by atoms with E-state index in [0.29, 0.717) is 5.75 Å². The molecule has 2 N–H and O–H groups in total. The second-order valence-electron chi connectivity index (χ2n) is 4.32. The predicted molar refractivity (Wildman–Crippen MR) is 71.9 cm³/mol. The van der Waals surface area contributed by atoms with Gasteiger partial charge in [0.2, 0.25) is 5.91 Å². The number of carbonyl (C=O) groups excluding carboxylic acids is 2. The van der Waals surface area contributed by atoms with E-state index in [1.165, 1.54) is 28.6 Å². The summed E-state index contributed by atoms with van der Waals surface area (Å²) in [7, 11) is 3.10. The second-order valence-corrected chi connectivity index (χ2v) is 5.67. The van der Waals surface area contributed by atoms with Crippen molar-refractivity contribution in [3.8, 4) is 0 Å². The van der Waals surface area contributed by atoms with Crippen LogP contribution in [-0.2, 0) is 9.59 Å². The number of rotatable bonds is 4. The van der Waals surface area contributed by atoms with Crippen LogP contribution in [0.1, 0.15) is 13.3 Å². The monoisotopic (exact) mass is 289 g/mol. The summed E-state index contributed by atoms with van der Waals surface area (Å²) < 4.78 is 0. The average Bonchev–Trinajstić information content (AvgIpc) is 2.76. The third-order valence-electron chi connectivity index (χ3n) is 3.01. The van der Waals surface area contributed by atoms with Crippen molar-refractivity contribution in [1.29, 1.82) is 0 Å². The van der Waals surface area contributed by atoms with Crippen molar-refractivity contribution in [3.05, 3.63) is 0 Å². The molecule has 0 radical (unpaired) electrons. The Hall–Kier alpha value is -1.44. The summed E-state index contributed by atoms with van der Waals surface area (Å²) in [6, 6.07) is -1.15. The highest BCUT2D eigenvalue weighted by atomic mass is 32.2. The smallest absolute Gasteiger partial charge is 0.327 e. The molecule has 0 aliphatic carbocycles. The first-order valence-corrected chi connectivity index (χ1v) is 7.01. The first-order valence-electron chi connectivity index (χ1n) is 5.97. The molecular weight excluding hydrogens is 270 g/mol. The zero-order chi connectivity index (χ0) is 14.6. The van der Waals surface area contributed by atoms with Crippen molar-refractivity contribution in [1.82, 2.24) is 15.1 Å². The van der Waals surface area contributed by atoms with Crippen LogP contribution < -0.4 is 5.32 Å². The van der Waals surface area contributed by atoms with Crippen LogP contribution in [0.4, 0.5) is 4.79 Å². The minimum Gasteiger partial charge on any atom is -0.480 e. The Morgan fingerprint density at radius 3 is 2.63 bits per heavy atom. The molecule has 19 heavy (non-hydrogen) atoms. The van der Waals surface area contributed by atoms with Gasteiger partial charge in [-0.3, -0.25) is 9.69 Å². The summed E-state index contributed by atoms with van der Waals surface area (Å²) in [5, 5.41) is 11.4. The topological polar surface area (TPSA) is 90.0 Å². The molecule has 0 aromatic rings. The highest BCUT2D eigenvalue weighted by Crippen LogP contribution is 2.29. The maximum atomic E-state index is 12.2. The summed E-state index contributed by atoms with van der Waals surface area (Å²) in [6.45, 7) is 2.07. The number of aliphatic carboxylic acids is 1. The third kappa shape index (κ3) is 3.76. The molecule has 2 atom stereocenters. The lowest BCUT2D eigenvalue weighted by Crippen LogP contribution is -2.50. The molecule has 1 rings (SSSR count). The van der Waals surface area contributed by atoms with E-state index in [-0.39, 0.29) is 30.3 Å². The molecule has 3 amide bonds.